The van der Waals surface area contributed by atoms with Crippen LogP contribution in [-0.4, -0.2) is 12.1 Å². The third-order valence-electron chi connectivity index (χ3n) is 2.96. The first kappa shape index (κ1) is 11.9. The normalized spacial score (nSPS) is 10.8. The molecule has 4 nitrogen and oxygen atoms in total. The molecule has 19 heavy (non-hydrogen) atoms. The van der Waals surface area contributed by atoms with Crippen LogP contribution in [0.5, 0.6) is 5.75 Å². The fourth-order valence-corrected chi connectivity index (χ4v) is 2.59. The van der Waals surface area contributed by atoms with E-state index in [0.29, 0.717) is 33.7 Å². The van der Waals surface area contributed by atoms with Crippen LogP contribution in [-0.2, 0) is 0 Å². The summed E-state index contributed by atoms with van der Waals surface area (Å²) < 4.78 is 10.9. The average Bonchev–Trinajstić information content (AvgIpc) is 2.91. The van der Waals surface area contributed by atoms with Gasteiger partial charge in [0.05, 0.1) is 29.3 Å². The van der Waals surface area contributed by atoms with Gasteiger partial charge in [0, 0.05) is 11.4 Å². The number of thiazole rings is 1. The zero-order valence-corrected chi connectivity index (χ0v) is 11.3. The number of hydrogen-bond donors (Lipinski definition) is 0. The molecule has 0 amide bonds. The molecule has 0 N–H and O–H groups in total. The molecule has 0 radical (unpaired) electrons. The van der Waals surface area contributed by atoms with Crippen molar-refractivity contribution in [2.45, 2.75) is 6.92 Å². The van der Waals surface area contributed by atoms with Crippen molar-refractivity contribution in [3.05, 3.63) is 45.1 Å². The Labute approximate surface area is 113 Å². The minimum absolute atomic E-state index is 0.0627. The van der Waals surface area contributed by atoms with Crippen molar-refractivity contribution in [1.29, 1.82) is 0 Å². The maximum absolute atomic E-state index is 12.5. The first-order valence-electron chi connectivity index (χ1n) is 5.70. The van der Waals surface area contributed by atoms with Gasteiger partial charge in [0.2, 0.25) is 5.43 Å². The number of methoxy groups -OCH3 is 1. The van der Waals surface area contributed by atoms with Gasteiger partial charge in [0.15, 0.2) is 0 Å². The lowest BCUT2D eigenvalue weighted by Crippen LogP contribution is -2.07. The molecule has 3 aromatic rings. The average molecular weight is 273 g/mol. The summed E-state index contributed by atoms with van der Waals surface area (Å²) >= 11 is 1.45. The van der Waals surface area contributed by atoms with Crippen molar-refractivity contribution >= 4 is 22.3 Å². The van der Waals surface area contributed by atoms with Crippen LogP contribution in [0.1, 0.15) is 5.76 Å². The zero-order valence-electron chi connectivity index (χ0n) is 10.5. The van der Waals surface area contributed by atoms with Gasteiger partial charge in [-0.1, -0.05) is 0 Å². The highest BCUT2D eigenvalue weighted by Gasteiger charge is 2.15. The highest BCUT2D eigenvalue weighted by atomic mass is 32.1. The number of fused-ring (bicyclic) bond motifs is 1. The Balaban J connectivity index is 2.35. The Morgan fingerprint density at radius 1 is 1.37 bits per heavy atom. The van der Waals surface area contributed by atoms with Crippen LogP contribution >= 0.6 is 11.3 Å². The SMILES string of the molecule is COc1ccc2c(=O)c(-c3cscn3)c(C)oc2c1. The molecular weight excluding hydrogens is 262 g/mol. The molecule has 2 aromatic heterocycles. The van der Waals surface area contributed by atoms with Crippen molar-refractivity contribution in [3.63, 3.8) is 0 Å². The lowest BCUT2D eigenvalue weighted by atomic mass is 10.1. The molecule has 0 fully saturated rings. The second-order valence-corrected chi connectivity index (χ2v) is 4.82. The van der Waals surface area contributed by atoms with Crippen molar-refractivity contribution in [1.82, 2.24) is 4.98 Å². The summed E-state index contributed by atoms with van der Waals surface area (Å²) in [6.07, 6.45) is 0. The number of aryl methyl sites for hydroxylation is 1. The Morgan fingerprint density at radius 3 is 2.89 bits per heavy atom. The smallest absolute Gasteiger partial charge is 0.202 e. The van der Waals surface area contributed by atoms with E-state index in [4.69, 9.17) is 9.15 Å². The summed E-state index contributed by atoms with van der Waals surface area (Å²) in [6, 6.07) is 5.18. The van der Waals surface area contributed by atoms with E-state index in [1.54, 1.807) is 37.7 Å². The van der Waals surface area contributed by atoms with Crippen molar-refractivity contribution < 1.29 is 9.15 Å². The van der Waals surface area contributed by atoms with E-state index < -0.39 is 0 Å². The van der Waals surface area contributed by atoms with E-state index in [9.17, 15) is 4.79 Å². The topological polar surface area (TPSA) is 52.3 Å². The molecule has 0 aliphatic carbocycles. The maximum Gasteiger partial charge on any atom is 0.202 e. The third-order valence-corrected chi connectivity index (χ3v) is 3.55. The van der Waals surface area contributed by atoms with Crippen molar-refractivity contribution in [3.8, 4) is 17.0 Å². The van der Waals surface area contributed by atoms with Gasteiger partial charge in [0.25, 0.3) is 0 Å². The lowest BCUT2D eigenvalue weighted by molar-refractivity contribution is 0.414. The maximum atomic E-state index is 12.5. The van der Waals surface area contributed by atoms with Crippen LogP contribution < -0.4 is 10.2 Å². The molecule has 3 rings (SSSR count). The van der Waals surface area contributed by atoms with Crippen LogP contribution in [0.4, 0.5) is 0 Å². The number of hydrogen-bond acceptors (Lipinski definition) is 5. The lowest BCUT2D eigenvalue weighted by Gasteiger charge is -2.06. The number of nitrogens with zero attached hydrogens (tertiary/aromatic N) is 1. The molecule has 0 unspecified atom stereocenters. The third kappa shape index (κ3) is 1.92. The number of aromatic nitrogens is 1. The van der Waals surface area contributed by atoms with Gasteiger partial charge in [0.1, 0.15) is 17.1 Å². The molecular formula is C14H11NO3S. The Bertz CT molecular complexity index is 790. The van der Waals surface area contributed by atoms with E-state index in [1.807, 2.05) is 5.38 Å². The molecule has 0 aliphatic rings. The predicted octanol–water partition coefficient (Wildman–Crippen LogP) is 3.23. The molecule has 0 spiro atoms. The second kappa shape index (κ2) is 4.51. The van der Waals surface area contributed by atoms with Gasteiger partial charge in [-0.15, -0.1) is 11.3 Å². The van der Waals surface area contributed by atoms with E-state index in [1.165, 1.54) is 11.3 Å². The summed E-state index contributed by atoms with van der Waals surface area (Å²) in [5.41, 5.74) is 3.35. The van der Waals surface area contributed by atoms with E-state index in [-0.39, 0.29) is 5.43 Å². The van der Waals surface area contributed by atoms with Gasteiger partial charge in [-0.2, -0.15) is 0 Å². The predicted molar refractivity (Wildman–Crippen MR) is 74.9 cm³/mol. The number of ether oxygens (including phenoxy) is 1. The largest absolute Gasteiger partial charge is 0.497 e. The van der Waals surface area contributed by atoms with Crippen LogP contribution in [0.3, 0.4) is 0 Å². The summed E-state index contributed by atoms with van der Waals surface area (Å²) in [6.45, 7) is 1.77. The molecule has 0 saturated carbocycles. The van der Waals surface area contributed by atoms with E-state index in [2.05, 4.69) is 4.98 Å². The molecule has 96 valence electrons. The summed E-state index contributed by atoms with van der Waals surface area (Å²) in [5, 5.41) is 2.38. The van der Waals surface area contributed by atoms with E-state index >= 15 is 0 Å². The molecule has 0 aliphatic heterocycles. The fraction of sp³-hybridized carbons (Fsp3) is 0.143. The van der Waals surface area contributed by atoms with Crippen LogP contribution in [0, 0.1) is 6.92 Å². The van der Waals surface area contributed by atoms with Crippen LogP contribution in [0.25, 0.3) is 22.2 Å². The molecule has 0 atom stereocenters. The standard InChI is InChI=1S/C14H11NO3S/c1-8-13(11-6-19-7-15-11)14(16)10-4-3-9(17-2)5-12(10)18-8/h3-7H,1-2H3. The zero-order chi connectivity index (χ0) is 13.4. The fourth-order valence-electron chi connectivity index (χ4n) is 2.04. The number of benzene rings is 1. The second-order valence-electron chi connectivity index (χ2n) is 4.10. The summed E-state index contributed by atoms with van der Waals surface area (Å²) in [5.74, 6) is 1.23. The molecule has 0 bridgehead atoms. The summed E-state index contributed by atoms with van der Waals surface area (Å²) in [7, 11) is 1.58. The van der Waals surface area contributed by atoms with E-state index in [0.717, 1.165) is 0 Å². The molecule has 0 saturated heterocycles. The summed E-state index contributed by atoms with van der Waals surface area (Å²) in [4.78, 5) is 16.7. The van der Waals surface area contributed by atoms with Gasteiger partial charge in [-0.05, 0) is 19.1 Å². The quantitative estimate of drug-likeness (QED) is 0.719. The first-order valence-corrected chi connectivity index (χ1v) is 6.65. The van der Waals surface area contributed by atoms with Gasteiger partial charge < -0.3 is 9.15 Å². The Morgan fingerprint density at radius 2 is 2.21 bits per heavy atom. The molecule has 5 heteroatoms. The van der Waals surface area contributed by atoms with Crippen molar-refractivity contribution in [2.24, 2.45) is 0 Å². The minimum atomic E-state index is -0.0627. The van der Waals surface area contributed by atoms with Crippen LogP contribution in [0.2, 0.25) is 0 Å². The van der Waals surface area contributed by atoms with Gasteiger partial charge >= 0.3 is 0 Å². The first-order chi connectivity index (χ1) is 9.20. The molecule has 1 aromatic carbocycles. The highest BCUT2D eigenvalue weighted by Crippen LogP contribution is 2.25. The van der Waals surface area contributed by atoms with Gasteiger partial charge in [-0.25, -0.2) is 4.98 Å². The Hall–Kier alpha value is -2.14. The monoisotopic (exact) mass is 273 g/mol. The number of rotatable bonds is 2. The minimum Gasteiger partial charge on any atom is -0.497 e. The van der Waals surface area contributed by atoms with Crippen LogP contribution in [0.15, 0.2) is 38.3 Å². The Kier molecular flexibility index (Phi) is 2.83. The van der Waals surface area contributed by atoms with Crippen molar-refractivity contribution in [2.75, 3.05) is 7.11 Å². The van der Waals surface area contributed by atoms with Gasteiger partial charge in [-0.3, -0.25) is 4.79 Å². The highest BCUT2D eigenvalue weighted by molar-refractivity contribution is 7.07. The molecule has 2 heterocycles.